The molecule has 0 aliphatic heterocycles. The Balaban J connectivity index is 1.95. The Bertz CT molecular complexity index is 691. The number of hydrogen-bond acceptors (Lipinski definition) is 4. The van der Waals surface area contributed by atoms with Crippen LogP contribution < -0.4 is 0 Å². The lowest BCUT2D eigenvalue weighted by molar-refractivity contribution is -0.138. The second-order valence-electron chi connectivity index (χ2n) is 6.26. The number of hydrogen-bond donors (Lipinski definition) is 0. The average Bonchev–Trinajstić information content (AvgIpc) is 2.65. The van der Waals surface area contributed by atoms with E-state index in [9.17, 15) is 4.79 Å². The summed E-state index contributed by atoms with van der Waals surface area (Å²) in [6, 6.07) is 7.80. The Labute approximate surface area is 150 Å². The van der Waals surface area contributed by atoms with Crippen molar-refractivity contribution in [3.05, 3.63) is 53.9 Å². The van der Waals surface area contributed by atoms with Gasteiger partial charge in [0, 0.05) is 24.0 Å². The topological polar surface area (TPSA) is 52.1 Å². The molecule has 0 radical (unpaired) electrons. The predicted molar refractivity (Wildman–Crippen MR) is 101 cm³/mol. The fourth-order valence-electron chi connectivity index (χ4n) is 2.22. The number of esters is 1. The molecule has 0 unspecified atom stereocenters. The van der Waals surface area contributed by atoms with Gasteiger partial charge in [0.2, 0.25) is 0 Å². The summed E-state index contributed by atoms with van der Waals surface area (Å²) in [6.45, 7) is 6.74. The first kappa shape index (κ1) is 18.8. The Morgan fingerprint density at radius 2 is 1.84 bits per heavy atom. The van der Waals surface area contributed by atoms with Gasteiger partial charge < -0.3 is 4.74 Å². The normalized spacial score (nSPS) is 12.3. The number of aryl methyl sites for hydroxylation is 1. The third-order valence-corrected chi connectivity index (χ3v) is 4.03. The second-order valence-corrected chi connectivity index (χ2v) is 6.26. The molecule has 1 aromatic heterocycles. The number of carbonyl (C=O) groups excluding carboxylic acids is 1. The van der Waals surface area contributed by atoms with Crippen LogP contribution in [0.3, 0.4) is 0 Å². The highest BCUT2D eigenvalue weighted by molar-refractivity contribution is 5.87. The highest BCUT2D eigenvalue weighted by Crippen LogP contribution is 2.16. The molecule has 0 aliphatic rings. The van der Waals surface area contributed by atoms with Crippen molar-refractivity contribution < 1.29 is 9.53 Å². The fraction of sp³-hybridized carbons (Fsp3) is 0.381. The number of rotatable bonds is 8. The Hall–Kier alpha value is -2.49. The van der Waals surface area contributed by atoms with E-state index >= 15 is 0 Å². The minimum absolute atomic E-state index is 0.306. The van der Waals surface area contributed by atoms with Crippen molar-refractivity contribution in [3.63, 3.8) is 0 Å². The van der Waals surface area contributed by atoms with E-state index in [0.29, 0.717) is 18.3 Å². The van der Waals surface area contributed by atoms with Gasteiger partial charge in [-0.3, -0.25) is 0 Å². The van der Waals surface area contributed by atoms with Crippen molar-refractivity contribution in [1.29, 1.82) is 0 Å². The van der Waals surface area contributed by atoms with Gasteiger partial charge in [0.15, 0.2) is 5.82 Å². The molecule has 0 bridgehead atoms. The number of aromatic nitrogens is 2. The summed E-state index contributed by atoms with van der Waals surface area (Å²) < 4.78 is 5.19. The minimum atomic E-state index is -0.306. The van der Waals surface area contributed by atoms with Crippen LogP contribution in [0.2, 0.25) is 0 Å². The van der Waals surface area contributed by atoms with E-state index in [1.54, 1.807) is 6.08 Å². The molecule has 2 aromatic rings. The third kappa shape index (κ3) is 6.14. The maximum atomic E-state index is 11.7. The summed E-state index contributed by atoms with van der Waals surface area (Å²) in [5.41, 5.74) is 3.05. The van der Waals surface area contributed by atoms with Crippen molar-refractivity contribution in [2.75, 3.05) is 6.61 Å². The van der Waals surface area contributed by atoms with Crippen LogP contribution in [0.1, 0.15) is 44.7 Å². The molecule has 0 saturated heterocycles. The standard InChI is InChI=1S/C21H26N2O2/c1-4-6-18-13-22-21(23-14-18)19-10-7-17(8-11-19)9-12-20(24)25-15-16(3)5-2/h7-14,16H,4-6,15H2,1-3H3/t16-/m1/s1. The van der Waals surface area contributed by atoms with Gasteiger partial charge in [-0.25, -0.2) is 14.8 Å². The molecule has 1 atom stereocenters. The number of nitrogens with zero attached hydrogens (tertiary/aromatic N) is 2. The van der Waals surface area contributed by atoms with Crippen molar-refractivity contribution in [1.82, 2.24) is 9.97 Å². The van der Waals surface area contributed by atoms with E-state index in [-0.39, 0.29) is 5.97 Å². The smallest absolute Gasteiger partial charge is 0.330 e. The second kappa shape index (κ2) is 9.72. The van der Waals surface area contributed by atoms with Crippen LogP contribution in [-0.2, 0) is 16.0 Å². The summed E-state index contributed by atoms with van der Waals surface area (Å²) in [4.78, 5) is 20.5. The summed E-state index contributed by atoms with van der Waals surface area (Å²) >= 11 is 0. The molecule has 4 nitrogen and oxygen atoms in total. The zero-order valence-corrected chi connectivity index (χ0v) is 15.2. The monoisotopic (exact) mass is 338 g/mol. The lowest BCUT2D eigenvalue weighted by atomic mass is 10.1. The molecule has 1 heterocycles. The minimum Gasteiger partial charge on any atom is -0.462 e. The van der Waals surface area contributed by atoms with Gasteiger partial charge in [0.1, 0.15) is 0 Å². The van der Waals surface area contributed by atoms with E-state index < -0.39 is 0 Å². The molecule has 0 saturated carbocycles. The molecule has 1 aromatic carbocycles. The quantitative estimate of drug-likeness (QED) is 0.517. The molecule has 0 spiro atoms. The van der Waals surface area contributed by atoms with Gasteiger partial charge in [0.05, 0.1) is 6.61 Å². The van der Waals surface area contributed by atoms with Crippen molar-refractivity contribution in [2.45, 2.75) is 40.0 Å². The zero-order chi connectivity index (χ0) is 18.1. The molecule has 0 N–H and O–H groups in total. The van der Waals surface area contributed by atoms with E-state index in [2.05, 4.69) is 30.7 Å². The molecular formula is C21H26N2O2. The van der Waals surface area contributed by atoms with Gasteiger partial charge in [0.25, 0.3) is 0 Å². The molecule has 2 rings (SSSR count). The third-order valence-electron chi connectivity index (χ3n) is 4.03. The Morgan fingerprint density at radius 1 is 1.16 bits per heavy atom. The van der Waals surface area contributed by atoms with Gasteiger partial charge in [-0.2, -0.15) is 0 Å². The van der Waals surface area contributed by atoms with Crippen LogP contribution in [0.4, 0.5) is 0 Å². The predicted octanol–water partition coefficient (Wildman–Crippen LogP) is 4.70. The van der Waals surface area contributed by atoms with Crippen molar-refractivity contribution in [3.8, 4) is 11.4 Å². The molecular weight excluding hydrogens is 312 g/mol. The Morgan fingerprint density at radius 3 is 2.44 bits per heavy atom. The molecule has 132 valence electrons. The summed E-state index contributed by atoms with van der Waals surface area (Å²) in [6.07, 6.45) is 10.1. The maximum absolute atomic E-state index is 11.7. The first-order chi connectivity index (χ1) is 12.1. The summed E-state index contributed by atoms with van der Waals surface area (Å²) in [7, 11) is 0. The SMILES string of the molecule is CCCc1cnc(-c2ccc(C=CC(=O)OC[C@H](C)CC)cc2)nc1. The van der Waals surface area contributed by atoms with E-state index in [1.807, 2.05) is 36.7 Å². The van der Waals surface area contributed by atoms with Gasteiger partial charge in [-0.05, 0) is 29.5 Å². The van der Waals surface area contributed by atoms with Crippen LogP contribution in [0, 0.1) is 5.92 Å². The van der Waals surface area contributed by atoms with Crippen LogP contribution in [-0.4, -0.2) is 22.5 Å². The zero-order valence-electron chi connectivity index (χ0n) is 15.2. The van der Waals surface area contributed by atoms with Crippen molar-refractivity contribution in [2.24, 2.45) is 5.92 Å². The van der Waals surface area contributed by atoms with Crippen molar-refractivity contribution >= 4 is 12.0 Å². The van der Waals surface area contributed by atoms with Crippen LogP contribution in [0.25, 0.3) is 17.5 Å². The first-order valence-electron chi connectivity index (χ1n) is 8.88. The summed E-state index contributed by atoms with van der Waals surface area (Å²) in [5, 5.41) is 0. The number of ether oxygens (including phenoxy) is 1. The van der Waals surface area contributed by atoms with Crippen LogP contribution >= 0.6 is 0 Å². The van der Waals surface area contributed by atoms with Crippen LogP contribution in [0.5, 0.6) is 0 Å². The van der Waals surface area contributed by atoms with Gasteiger partial charge in [-0.15, -0.1) is 0 Å². The molecule has 25 heavy (non-hydrogen) atoms. The van der Waals surface area contributed by atoms with Crippen LogP contribution in [0.15, 0.2) is 42.7 Å². The fourth-order valence-corrected chi connectivity index (χ4v) is 2.22. The molecule has 4 heteroatoms. The largest absolute Gasteiger partial charge is 0.462 e. The highest BCUT2D eigenvalue weighted by Gasteiger charge is 2.03. The first-order valence-corrected chi connectivity index (χ1v) is 8.88. The van der Waals surface area contributed by atoms with Gasteiger partial charge in [-0.1, -0.05) is 57.9 Å². The van der Waals surface area contributed by atoms with E-state index in [0.717, 1.165) is 36.0 Å². The number of benzene rings is 1. The molecule has 0 fully saturated rings. The lowest BCUT2D eigenvalue weighted by Crippen LogP contribution is -2.08. The average molecular weight is 338 g/mol. The Kier molecular flexibility index (Phi) is 7.33. The summed E-state index contributed by atoms with van der Waals surface area (Å²) in [5.74, 6) is 0.794. The highest BCUT2D eigenvalue weighted by atomic mass is 16.5. The van der Waals surface area contributed by atoms with E-state index in [4.69, 9.17) is 4.74 Å². The van der Waals surface area contributed by atoms with Gasteiger partial charge >= 0.3 is 5.97 Å². The molecule has 0 aliphatic carbocycles. The van der Waals surface area contributed by atoms with E-state index in [1.165, 1.54) is 6.08 Å². The lowest BCUT2D eigenvalue weighted by Gasteiger charge is -2.07. The number of carbonyl (C=O) groups is 1. The maximum Gasteiger partial charge on any atom is 0.330 e. The molecule has 0 amide bonds.